The molecule has 0 bridgehead atoms. The van der Waals surface area contributed by atoms with E-state index in [0.717, 1.165) is 5.69 Å². The number of aromatic nitrogens is 1. The van der Waals surface area contributed by atoms with Gasteiger partial charge >= 0.3 is 6.09 Å². The van der Waals surface area contributed by atoms with Gasteiger partial charge in [-0.3, -0.25) is 10.3 Å². The van der Waals surface area contributed by atoms with Gasteiger partial charge in [0.25, 0.3) is 0 Å². The number of pyridine rings is 1. The maximum Gasteiger partial charge on any atom is 0.412 e. The van der Waals surface area contributed by atoms with E-state index in [0.29, 0.717) is 5.69 Å². The molecule has 0 aliphatic rings. The van der Waals surface area contributed by atoms with Crippen LogP contribution in [0.1, 0.15) is 47.2 Å². The molecule has 0 spiro atoms. The van der Waals surface area contributed by atoms with E-state index in [-0.39, 0.29) is 0 Å². The summed E-state index contributed by atoms with van der Waals surface area (Å²) in [4.78, 5) is 17.8. The van der Waals surface area contributed by atoms with Crippen LogP contribution in [0.25, 0.3) is 0 Å². The molecule has 22 heavy (non-hydrogen) atoms. The SMILES string of the molecule is CCN(CC)CC.Cc1ccc(NC(=O)OC(C)(C)C)cn1. The van der Waals surface area contributed by atoms with E-state index in [9.17, 15) is 4.79 Å². The number of nitrogens with zero attached hydrogens (tertiary/aromatic N) is 2. The van der Waals surface area contributed by atoms with Crippen molar-refractivity contribution in [1.29, 1.82) is 0 Å². The molecule has 0 aliphatic heterocycles. The molecule has 5 nitrogen and oxygen atoms in total. The topological polar surface area (TPSA) is 54.5 Å². The number of rotatable bonds is 4. The zero-order valence-corrected chi connectivity index (χ0v) is 15.1. The van der Waals surface area contributed by atoms with Gasteiger partial charge in [0.1, 0.15) is 5.60 Å². The van der Waals surface area contributed by atoms with Crippen molar-refractivity contribution in [2.75, 3.05) is 25.0 Å². The van der Waals surface area contributed by atoms with Gasteiger partial charge in [0, 0.05) is 5.69 Å². The maximum absolute atomic E-state index is 11.4. The summed E-state index contributed by atoms with van der Waals surface area (Å²) >= 11 is 0. The number of aryl methyl sites for hydroxylation is 1. The number of nitrogens with one attached hydrogen (secondary N) is 1. The summed E-state index contributed by atoms with van der Waals surface area (Å²) < 4.78 is 5.09. The monoisotopic (exact) mass is 309 g/mol. The minimum Gasteiger partial charge on any atom is -0.444 e. The van der Waals surface area contributed by atoms with Crippen molar-refractivity contribution in [2.24, 2.45) is 0 Å². The standard InChI is InChI=1S/C11H16N2O2.C6H15N/c1-8-5-6-9(7-12-8)13-10(14)15-11(2,3)4;1-4-7(5-2)6-3/h5-7H,1-4H3,(H,13,14);4-6H2,1-3H3. The zero-order valence-electron chi connectivity index (χ0n) is 15.1. The van der Waals surface area contributed by atoms with Gasteiger partial charge in [-0.25, -0.2) is 4.79 Å². The molecule has 0 aliphatic carbocycles. The lowest BCUT2D eigenvalue weighted by Crippen LogP contribution is -2.27. The predicted octanol–water partition coefficient (Wildman–Crippen LogP) is 4.09. The summed E-state index contributed by atoms with van der Waals surface area (Å²) in [5, 5.41) is 2.60. The van der Waals surface area contributed by atoms with Gasteiger partial charge in [-0.2, -0.15) is 0 Å². The number of amides is 1. The highest BCUT2D eigenvalue weighted by molar-refractivity contribution is 5.84. The first-order chi connectivity index (χ1) is 10.2. The minimum absolute atomic E-state index is 0.465. The molecular formula is C17H31N3O2. The van der Waals surface area contributed by atoms with E-state index in [1.807, 2.05) is 33.8 Å². The van der Waals surface area contributed by atoms with Crippen LogP contribution >= 0.6 is 0 Å². The third kappa shape index (κ3) is 10.2. The van der Waals surface area contributed by atoms with Crippen LogP contribution in [0, 0.1) is 6.92 Å². The third-order valence-corrected chi connectivity index (χ3v) is 2.90. The van der Waals surface area contributed by atoms with Gasteiger partial charge in [-0.1, -0.05) is 20.8 Å². The molecule has 0 fully saturated rings. The number of anilines is 1. The molecule has 0 saturated heterocycles. The van der Waals surface area contributed by atoms with Crippen LogP contribution in [-0.4, -0.2) is 41.2 Å². The predicted molar refractivity (Wildman–Crippen MR) is 92.3 cm³/mol. The summed E-state index contributed by atoms with van der Waals surface area (Å²) in [6.07, 6.45) is 1.13. The molecule has 0 atom stereocenters. The van der Waals surface area contributed by atoms with Crippen molar-refractivity contribution >= 4 is 11.8 Å². The molecule has 0 aromatic carbocycles. The molecular weight excluding hydrogens is 278 g/mol. The van der Waals surface area contributed by atoms with Crippen molar-refractivity contribution in [3.63, 3.8) is 0 Å². The Labute approximate surface area is 135 Å². The largest absolute Gasteiger partial charge is 0.444 e. The van der Waals surface area contributed by atoms with Crippen molar-refractivity contribution in [1.82, 2.24) is 9.88 Å². The van der Waals surface area contributed by atoms with Crippen LogP contribution in [0.15, 0.2) is 18.3 Å². The molecule has 1 rings (SSSR count). The highest BCUT2D eigenvalue weighted by Crippen LogP contribution is 2.10. The summed E-state index contributed by atoms with van der Waals surface area (Å²) in [5.74, 6) is 0. The van der Waals surface area contributed by atoms with Gasteiger partial charge in [0.2, 0.25) is 0 Å². The fraction of sp³-hybridized carbons (Fsp3) is 0.647. The average Bonchev–Trinajstić information content (AvgIpc) is 2.42. The fourth-order valence-electron chi connectivity index (χ4n) is 1.63. The highest BCUT2D eigenvalue weighted by Gasteiger charge is 2.15. The van der Waals surface area contributed by atoms with Crippen LogP contribution in [-0.2, 0) is 4.74 Å². The number of carbonyl (C=O) groups is 1. The Balaban J connectivity index is 0.000000534. The van der Waals surface area contributed by atoms with E-state index >= 15 is 0 Å². The van der Waals surface area contributed by atoms with E-state index in [1.54, 1.807) is 12.3 Å². The first-order valence-electron chi connectivity index (χ1n) is 7.86. The van der Waals surface area contributed by atoms with E-state index in [2.05, 4.69) is 36.0 Å². The van der Waals surface area contributed by atoms with Crippen molar-refractivity contribution in [3.05, 3.63) is 24.0 Å². The van der Waals surface area contributed by atoms with E-state index in [4.69, 9.17) is 4.74 Å². The molecule has 1 aromatic heterocycles. The Bertz CT molecular complexity index is 415. The summed E-state index contributed by atoms with van der Waals surface area (Å²) in [6.45, 7) is 17.5. The fourth-order valence-corrected chi connectivity index (χ4v) is 1.63. The molecule has 1 aromatic rings. The van der Waals surface area contributed by atoms with Gasteiger partial charge in [0.05, 0.1) is 11.9 Å². The third-order valence-electron chi connectivity index (χ3n) is 2.90. The van der Waals surface area contributed by atoms with Gasteiger partial charge in [-0.05, 0) is 59.5 Å². The highest BCUT2D eigenvalue weighted by atomic mass is 16.6. The summed E-state index contributed by atoms with van der Waals surface area (Å²) in [5.41, 5.74) is 1.06. The average molecular weight is 309 g/mol. The Kier molecular flexibility index (Phi) is 9.42. The molecule has 1 N–H and O–H groups in total. The first kappa shape index (κ1) is 20.4. The van der Waals surface area contributed by atoms with Crippen LogP contribution in [0.5, 0.6) is 0 Å². The molecule has 0 unspecified atom stereocenters. The van der Waals surface area contributed by atoms with Crippen molar-refractivity contribution < 1.29 is 9.53 Å². The van der Waals surface area contributed by atoms with Crippen molar-refractivity contribution in [2.45, 2.75) is 54.1 Å². The van der Waals surface area contributed by atoms with Gasteiger partial charge in [0.15, 0.2) is 0 Å². The van der Waals surface area contributed by atoms with Crippen LogP contribution < -0.4 is 5.32 Å². The Hall–Kier alpha value is -1.62. The molecule has 0 saturated carbocycles. The smallest absolute Gasteiger partial charge is 0.412 e. The quantitative estimate of drug-likeness (QED) is 0.910. The molecule has 126 valence electrons. The number of hydrogen-bond donors (Lipinski definition) is 1. The lowest BCUT2D eigenvalue weighted by atomic mass is 10.2. The van der Waals surface area contributed by atoms with Crippen LogP contribution in [0.4, 0.5) is 10.5 Å². The van der Waals surface area contributed by atoms with Crippen molar-refractivity contribution in [3.8, 4) is 0 Å². The number of hydrogen-bond acceptors (Lipinski definition) is 4. The Morgan fingerprint density at radius 2 is 1.73 bits per heavy atom. The maximum atomic E-state index is 11.4. The Morgan fingerprint density at radius 3 is 2.05 bits per heavy atom. The number of ether oxygens (including phenoxy) is 1. The van der Waals surface area contributed by atoms with Crippen LogP contribution in [0.3, 0.4) is 0 Å². The molecule has 1 amide bonds. The molecule has 5 heteroatoms. The van der Waals surface area contributed by atoms with Gasteiger partial charge < -0.3 is 9.64 Å². The van der Waals surface area contributed by atoms with E-state index < -0.39 is 11.7 Å². The lowest BCUT2D eigenvalue weighted by molar-refractivity contribution is 0.0636. The van der Waals surface area contributed by atoms with E-state index in [1.165, 1.54) is 19.6 Å². The second kappa shape index (κ2) is 10.2. The minimum atomic E-state index is -0.484. The van der Waals surface area contributed by atoms with Crippen LogP contribution in [0.2, 0.25) is 0 Å². The second-order valence-electron chi connectivity index (χ2n) is 5.93. The lowest BCUT2D eigenvalue weighted by Gasteiger charge is -2.19. The first-order valence-corrected chi connectivity index (χ1v) is 7.86. The molecule has 0 radical (unpaired) electrons. The Morgan fingerprint density at radius 1 is 1.18 bits per heavy atom. The summed E-state index contributed by atoms with van der Waals surface area (Å²) in [7, 11) is 0. The zero-order chi connectivity index (χ0) is 17.2. The molecule has 1 heterocycles. The van der Waals surface area contributed by atoms with Gasteiger partial charge in [-0.15, -0.1) is 0 Å². The summed E-state index contributed by atoms with van der Waals surface area (Å²) in [6, 6.07) is 3.61. The normalized spacial score (nSPS) is 10.7. The second-order valence-corrected chi connectivity index (χ2v) is 5.93. The number of carbonyl (C=O) groups excluding carboxylic acids is 1.